The van der Waals surface area contributed by atoms with Gasteiger partial charge in [-0.1, -0.05) is 32.1 Å². The first-order chi connectivity index (χ1) is 6.62. The van der Waals surface area contributed by atoms with Crippen molar-refractivity contribution in [3.63, 3.8) is 0 Å². The Hall–Kier alpha value is -0.820. The molecule has 0 saturated carbocycles. The zero-order valence-corrected chi connectivity index (χ0v) is 9.82. The smallest absolute Gasteiger partial charge is 0.0239 e. The third-order valence-electron chi connectivity index (χ3n) is 2.92. The highest BCUT2D eigenvalue weighted by Crippen LogP contribution is 2.39. The second-order valence-corrected chi connectivity index (χ2v) is 5.27. The molecule has 2 rings (SSSR count). The van der Waals surface area contributed by atoms with E-state index in [-0.39, 0.29) is 5.41 Å². The molecule has 1 aliphatic rings. The second kappa shape index (κ2) is 3.39. The van der Waals surface area contributed by atoms with E-state index in [9.17, 15) is 0 Å². The average molecular weight is 204 g/mol. The fourth-order valence-corrected chi connectivity index (χ4v) is 3.14. The average Bonchev–Trinajstić information content (AvgIpc) is 2.72. The molecule has 14 heavy (non-hydrogen) atoms. The summed E-state index contributed by atoms with van der Waals surface area (Å²) in [7, 11) is 0. The van der Waals surface area contributed by atoms with Gasteiger partial charge in [0.25, 0.3) is 0 Å². The standard InChI is InChI=1S/C13H16S/c1-10-8-9-14-12(10)13(2,3)11-6-4-5-7-11/h4,6-9H,5H2,1-3H3. The van der Waals surface area contributed by atoms with E-state index < -0.39 is 0 Å². The Morgan fingerprint density at radius 2 is 2.14 bits per heavy atom. The molecule has 1 aromatic heterocycles. The minimum atomic E-state index is 0.186. The van der Waals surface area contributed by atoms with Gasteiger partial charge in [0.1, 0.15) is 0 Å². The number of hydrogen-bond donors (Lipinski definition) is 0. The Balaban J connectivity index is 2.42. The summed E-state index contributed by atoms with van der Waals surface area (Å²) in [5, 5.41) is 2.19. The van der Waals surface area contributed by atoms with Gasteiger partial charge in [-0.25, -0.2) is 0 Å². The number of allylic oxidation sites excluding steroid dienone is 4. The first kappa shape index (κ1) is 9.72. The fraction of sp³-hybridized carbons (Fsp3) is 0.385. The Labute approximate surface area is 90.0 Å². The van der Waals surface area contributed by atoms with Crippen LogP contribution < -0.4 is 0 Å². The molecule has 0 aliphatic heterocycles. The topological polar surface area (TPSA) is 0 Å². The van der Waals surface area contributed by atoms with Crippen LogP contribution in [0, 0.1) is 6.92 Å². The number of thiophene rings is 1. The maximum absolute atomic E-state index is 2.33. The zero-order valence-electron chi connectivity index (χ0n) is 9.00. The van der Waals surface area contributed by atoms with Crippen molar-refractivity contribution in [2.75, 3.05) is 0 Å². The van der Waals surface area contributed by atoms with Crippen LogP contribution in [-0.2, 0) is 5.41 Å². The predicted molar refractivity (Wildman–Crippen MR) is 63.9 cm³/mol. The lowest BCUT2D eigenvalue weighted by molar-refractivity contribution is 0.651. The molecule has 0 unspecified atom stereocenters. The largest absolute Gasteiger partial charge is 0.148 e. The highest BCUT2D eigenvalue weighted by atomic mass is 32.1. The molecule has 0 saturated heterocycles. The summed E-state index contributed by atoms with van der Waals surface area (Å²) in [4.78, 5) is 1.50. The molecule has 0 aromatic carbocycles. The summed E-state index contributed by atoms with van der Waals surface area (Å²) < 4.78 is 0. The quantitative estimate of drug-likeness (QED) is 0.676. The van der Waals surface area contributed by atoms with Gasteiger partial charge < -0.3 is 0 Å². The van der Waals surface area contributed by atoms with Gasteiger partial charge in [0.15, 0.2) is 0 Å². The van der Waals surface area contributed by atoms with Crippen LogP contribution in [-0.4, -0.2) is 0 Å². The van der Waals surface area contributed by atoms with Crippen LogP contribution in [0.25, 0.3) is 0 Å². The molecule has 1 aromatic rings. The molecule has 0 atom stereocenters. The minimum Gasteiger partial charge on any atom is -0.148 e. The van der Waals surface area contributed by atoms with E-state index in [2.05, 4.69) is 50.4 Å². The van der Waals surface area contributed by atoms with Gasteiger partial charge in [0.2, 0.25) is 0 Å². The van der Waals surface area contributed by atoms with Crippen LogP contribution in [0.3, 0.4) is 0 Å². The Morgan fingerprint density at radius 3 is 2.64 bits per heavy atom. The van der Waals surface area contributed by atoms with E-state index in [1.54, 1.807) is 0 Å². The molecule has 0 N–H and O–H groups in total. The molecule has 0 amide bonds. The molecule has 1 heterocycles. The molecule has 0 spiro atoms. The van der Waals surface area contributed by atoms with Gasteiger partial charge in [0.05, 0.1) is 0 Å². The van der Waals surface area contributed by atoms with Gasteiger partial charge in [-0.15, -0.1) is 11.3 Å². The van der Waals surface area contributed by atoms with Crippen molar-refractivity contribution in [2.45, 2.75) is 32.6 Å². The van der Waals surface area contributed by atoms with Gasteiger partial charge in [-0.05, 0) is 35.9 Å². The molecule has 0 radical (unpaired) electrons. The minimum absolute atomic E-state index is 0.186. The molecule has 1 aliphatic carbocycles. The lowest BCUT2D eigenvalue weighted by Gasteiger charge is -2.25. The summed E-state index contributed by atoms with van der Waals surface area (Å²) in [6.07, 6.45) is 7.93. The van der Waals surface area contributed by atoms with Crippen molar-refractivity contribution in [1.29, 1.82) is 0 Å². The summed E-state index contributed by atoms with van der Waals surface area (Å²) in [6.45, 7) is 6.83. The highest BCUT2D eigenvalue weighted by molar-refractivity contribution is 7.10. The van der Waals surface area contributed by atoms with Gasteiger partial charge in [0, 0.05) is 10.3 Å². The van der Waals surface area contributed by atoms with Crippen LogP contribution in [0.4, 0.5) is 0 Å². The number of rotatable bonds is 2. The summed E-state index contributed by atoms with van der Waals surface area (Å²) in [5.41, 5.74) is 3.06. The van der Waals surface area contributed by atoms with Crippen LogP contribution >= 0.6 is 11.3 Å². The monoisotopic (exact) mass is 204 g/mol. The highest BCUT2D eigenvalue weighted by Gasteiger charge is 2.27. The SMILES string of the molecule is Cc1ccsc1C(C)(C)C1=CCC=C1. The Kier molecular flexibility index (Phi) is 2.36. The molecular formula is C13H16S. The molecule has 1 heteroatoms. The molecule has 0 bridgehead atoms. The number of hydrogen-bond acceptors (Lipinski definition) is 1. The van der Waals surface area contributed by atoms with Crippen molar-refractivity contribution in [3.05, 3.63) is 45.7 Å². The van der Waals surface area contributed by atoms with E-state index in [4.69, 9.17) is 0 Å². The van der Waals surface area contributed by atoms with Crippen LogP contribution in [0.15, 0.2) is 35.2 Å². The van der Waals surface area contributed by atoms with Gasteiger partial charge >= 0.3 is 0 Å². The van der Waals surface area contributed by atoms with E-state index in [1.165, 1.54) is 16.0 Å². The predicted octanol–water partition coefficient (Wildman–Crippen LogP) is 4.22. The summed E-state index contributed by atoms with van der Waals surface area (Å²) in [5.74, 6) is 0. The fourth-order valence-electron chi connectivity index (χ4n) is 2.07. The molecule has 0 fully saturated rings. The van der Waals surface area contributed by atoms with Crippen molar-refractivity contribution >= 4 is 11.3 Å². The first-order valence-electron chi connectivity index (χ1n) is 5.04. The van der Waals surface area contributed by atoms with E-state index in [0.29, 0.717) is 0 Å². The first-order valence-corrected chi connectivity index (χ1v) is 5.92. The van der Waals surface area contributed by atoms with Crippen molar-refractivity contribution in [2.24, 2.45) is 0 Å². The van der Waals surface area contributed by atoms with Crippen LogP contribution in [0.1, 0.15) is 30.7 Å². The number of aryl methyl sites for hydroxylation is 1. The van der Waals surface area contributed by atoms with E-state index in [1.807, 2.05) is 11.3 Å². The third-order valence-corrected chi connectivity index (χ3v) is 4.26. The lowest BCUT2D eigenvalue weighted by Crippen LogP contribution is -2.18. The van der Waals surface area contributed by atoms with E-state index in [0.717, 1.165) is 6.42 Å². The third kappa shape index (κ3) is 1.46. The van der Waals surface area contributed by atoms with Gasteiger partial charge in [-0.3, -0.25) is 0 Å². The molecule has 74 valence electrons. The van der Waals surface area contributed by atoms with Crippen LogP contribution in [0.2, 0.25) is 0 Å². The van der Waals surface area contributed by atoms with Gasteiger partial charge in [-0.2, -0.15) is 0 Å². The zero-order chi connectivity index (χ0) is 10.2. The Bertz CT molecular complexity index is 391. The normalized spacial score (nSPS) is 16.1. The van der Waals surface area contributed by atoms with Crippen molar-refractivity contribution in [3.8, 4) is 0 Å². The van der Waals surface area contributed by atoms with E-state index >= 15 is 0 Å². The summed E-state index contributed by atoms with van der Waals surface area (Å²) >= 11 is 1.87. The maximum atomic E-state index is 2.33. The lowest BCUT2D eigenvalue weighted by atomic mass is 9.82. The van der Waals surface area contributed by atoms with Crippen LogP contribution in [0.5, 0.6) is 0 Å². The molecule has 0 nitrogen and oxygen atoms in total. The second-order valence-electron chi connectivity index (χ2n) is 4.36. The summed E-state index contributed by atoms with van der Waals surface area (Å²) in [6, 6.07) is 2.21. The van der Waals surface area contributed by atoms with Crippen molar-refractivity contribution < 1.29 is 0 Å². The molecular weight excluding hydrogens is 188 g/mol. The van der Waals surface area contributed by atoms with Crippen molar-refractivity contribution in [1.82, 2.24) is 0 Å². The maximum Gasteiger partial charge on any atom is 0.0239 e. The Morgan fingerprint density at radius 1 is 1.36 bits per heavy atom.